The minimum atomic E-state index is -4.02. The van der Waals surface area contributed by atoms with Crippen LogP contribution in [0.4, 0.5) is 10.1 Å². The van der Waals surface area contributed by atoms with Crippen LogP contribution in [0.2, 0.25) is 0 Å². The Hall–Kier alpha value is -1.73. The second-order valence-corrected chi connectivity index (χ2v) is 6.55. The van der Waals surface area contributed by atoms with Crippen molar-refractivity contribution in [3.8, 4) is 0 Å². The number of allylic oxidation sites excluding steroid dienone is 1. The van der Waals surface area contributed by atoms with Gasteiger partial charge in [0.25, 0.3) is 0 Å². The van der Waals surface area contributed by atoms with Crippen molar-refractivity contribution in [2.45, 2.75) is 37.0 Å². The van der Waals surface area contributed by atoms with Gasteiger partial charge in [0.1, 0.15) is 10.7 Å². The molecule has 3 N–H and O–H groups in total. The Kier molecular flexibility index (Phi) is 4.74. The van der Waals surface area contributed by atoms with E-state index in [1.165, 1.54) is 0 Å². The summed E-state index contributed by atoms with van der Waals surface area (Å²) in [4.78, 5) is 11.7. The highest BCUT2D eigenvalue weighted by molar-refractivity contribution is 7.89. The monoisotopic (exact) mass is 312 g/mol. The molecule has 1 aliphatic rings. The Morgan fingerprint density at radius 1 is 1.33 bits per heavy atom. The molecular weight excluding hydrogens is 295 g/mol. The van der Waals surface area contributed by atoms with Crippen LogP contribution in [0.3, 0.4) is 0 Å². The van der Waals surface area contributed by atoms with Crippen LogP contribution in [0.1, 0.15) is 32.1 Å². The molecule has 0 bridgehead atoms. The first-order valence-electron chi connectivity index (χ1n) is 6.66. The number of carbonyl (C=O) groups excluding carboxylic acids is 1. The zero-order valence-electron chi connectivity index (χ0n) is 11.4. The van der Waals surface area contributed by atoms with Crippen molar-refractivity contribution in [3.05, 3.63) is 35.7 Å². The molecule has 1 amide bonds. The SMILES string of the molecule is NS(=O)(=O)c1ccc(F)cc1NC(=O)CC1=CCCCC1. The van der Waals surface area contributed by atoms with Crippen LogP contribution in [0, 0.1) is 5.82 Å². The van der Waals surface area contributed by atoms with Gasteiger partial charge in [0.15, 0.2) is 0 Å². The van der Waals surface area contributed by atoms with Gasteiger partial charge in [0, 0.05) is 6.42 Å². The van der Waals surface area contributed by atoms with E-state index in [4.69, 9.17) is 5.14 Å². The molecule has 5 nitrogen and oxygen atoms in total. The molecular formula is C14H17FN2O3S. The number of sulfonamides is 1. The van der Waals surface area contributed by atoms with Gasteiger partial charge in [0.05, 0.1) is 5.69 Å². The molecule has 0 unspecified atom stereocenters. The number of hydrogen-bond acceptors (Lipinski definition) is 3. The maximum atomic E-state index is 13.2. The second kappa shape index (κ2) is 6.36. The van der Waals surface area contributed by atoms with Crippen LogP contribution in [0.25, 0.3) is 0 Å². The van der Waals surface area contributed by atoms with Gasteiger partial charge in [-0.25, -0.2) is 17.9 Å². The summed E-state index contributed by atoms with van der Waals surface area (Å²) in [6.07, 6.45) is 6.17. The molecule has 0 saturated heterocycles. The summed E-state index contributed by atoms with van der Waals surface area (Å²) >= 11 is 0. The summed E-state index contributed by atoms with van der Waals surface area (Å²) in [5.74, 6) is -1.02. The molecule has 1 aliphatic carbocycles. The number of nitrogens with one attached hydrogen (secondary N) is 1. The number of hydrogen-bond donors (Lipinski definition) is 2. The number of rotatable bonds is 4. The molecule has 7 heteroatoms. The smallest absolute Gasteiger partial charge is 0.240 e. The molecule has 0 atom stereocenters. The topological polar surface area (TPSA) is 89.3 Å². The largest absolute Gasteiger partial charge is 0.325 e. The lowest BCUT2D eigenvalue weighted by Crippen LogP contribution is -2.19. The van der Waals surface area contributed by atoms with Gasteiger partial charge in [0.2, 0.25) is 15.9 Å². The van der Waals surface area contributed by atoms with Crippen molar-refractivity contribution in [2.75, 3.05) is 5.32 Å². The summed E-state index contributed by atoms with van der Waals surface area (Å²) in [7, 11) is -4.02. The third-order valence-electron chi connectivity index (χ3n) is 3.29. The van der Waals surface area contributed by atoms with Gasteiger partial charge in [-0.2, -0.15) is 0 Å². The molecule has 2 rings (SSSR count). The standard InChI is InChI=1S/C14H17FN2O3S/c15-11-6-7-13(21(16,19)20)12(9-11)17-14(18)8-10-4-2-1-3-5-10/h4,6-7,9H,1-3,5,8H2,(H,17,18)(H2,16,19,20). The van der Waals surface area contributed by atoms with Crippen molar-refractivity contribution >= 4 is 21.6 Å². The Labute approximate surface area is 123 Å². The first kappa shape index (κ1) is 15.7. The number of amides is 1. The number of carbonyl (C=O) groups is 1. The van der Waals surface area contributed by atoms with Crippen molar-refractivity contribution in [2.24, 2.45) is 5.14 Å². The fourth-order valence-corrected chi connectivity index (χ4v) is 2.99. The Balaban J connectivity index is 2.17. The minimum Gasteiger partial charge on any atom is -0.325 e. The van der Waals surface area contributed by atoms with E-state index in [1.54, 1.807) is 0 Å². The minimum absolute atomic E-state index is 0.126. The van der Waals surface area contributed by atoms with E-state index < -0.39 is 15.8 Å². The molecule has 114 valence electrons. The lowest BCUT2D eigenvalue weighted by Gasteiger charge is -2.14. The zero-order chi connectivity index (χ0) is 15.5. The number of primary sulfonamides is 1. The van der Waals surface area contributed by atoms with Crippen molar-refractivity contribution in [3.63, 3.8) is 0 Å². The molecule has 21 heavy (non-hydrogen) atoms. The van der Waals surface area contributed by atoms with E-state index in [2.05, 4.69) is 5.32 Å². The van der Waals surface area contributed by atoms with Gasteiger partial charge in [-0.1, -0.05) is 11.6 Å². The highest BCUT2D eigenvalue weighted by atomic mass is 32.2. The number of nitrogens with two attached hydrogens (primary N) is 1. The highest BCUT2D eigenvalue weighted by Crippen LogP contribution is 2.24. The summed E-state index contributed by atoms with van der Waals surface area (Å²) in [6.45, 7) is 0. The van der Waals surface area contributed by atoms with Gasteiger partial charge in [-0.15, -0.1) is 0 Å². The molecule has 0 spiro atoms. The normalized spacial score (nSPS) is 15.4. The van der Waals surface area contributed by atoms with Crippen molar-refractivity contribution in [1.82, 2.24) is 0 Å². The van der Waals surface area contributed by atoms with Gasteiger partial charge >= 0.3 is 0 Å². The Bertz CT molecular complexity index is 683. The molecule has 0 aromatic heterocycles. The van der Waals surface area contributed by atoms with E-state index in [1.807, 2.05) is 6.08 Å². The lowest BCUT2D eigenvalue weighted by molar-refractivity contribution is -0.115. The van der Waals surface area contributed by atoms with E-state index in [9.17, 15) is 17.6 Å². The van der Waals surface area contributed by atoms with E-state index >= 15 is 0 Å². The number of anilines is 1. The van der Waals surface area contributed by atoms with Crippen LogP contribution < -0.4 is 10.5 Å². The van der Waals surface area contributed by atoms with Crippen molar-refractivity contribution in [1.29, 1.82) is 0 Å². The second-order valence-electron chi connectivity index (χ2n) is 5.02. The predicted octanol–water partition coefficient (Wildman–Crippen LogP) is 2.30. The van der Waals surface area contributed by atoms with Crippen LogP contribution in [0.5, 0.6) is 0 Å². The van der Waals surface area contributed by atoms with Crippen LogP contribution in [-0.4, -0.2) is 14.3 Å². The molecule has 1 aromatic carbocycles. The fourth-order valence-electron chi connectivity index (χ4n) is 2.31. The third-order valence-corrected chi connectivity index (χ3v) is 4.26. The molecule has 0 radical (unpaired) electrons. The van der Waals surface area contributed by atoms with Gasteiger partial charge in [-0.3, -0.25) is 4.79 Å². The van der Waals surface area contributed by atoms with E-state index in [0.29, 0.717) is 0 Å². The summed E-state index contributed by atoms with van der Waals surface area (Å²) in [5, 5.41) is 7.48. The van der Waals surface area contributed by atoms with Gasteiger partial charge in [-0.05, 0) is 43.9 Å². The van der Waals surface area contributed by atoms with Crippen LogP contribution >= 0.6 is 0 Å². The molecule has 1 aromatic rings. The third kappa shape index (κ3) is 4.37. The maximum absolute atomic E-state index is 13.2. The summed E-state index contributed by atoms with van der Waals surface area (Å²) in [6, 6.07) is 2.98. The quantitative estimate of drug-likeness (QED) is 0.836. The average Bonchev–Trinajstić information content (AvgIpc) is 2.38. The first-order valence-corrected chi connectivity index (χ1v) is 8.21. The Morgan fingerprint density at radius 2 is 2.10 bits per heavy atom. The molecule has 0 fully saturated rings. The molecule has 0 saturated carbocycles. The van der Waals surface area contributed by atoms with E-state index in [0.717, 1.165) is 49.5 Å². The average molecular weight is 312 g/mol. The zero-order valence-corrected chi connectivity index (χ0v) is 12.2. The summed E-state index contributed by atoms with van der Waals surface area (Å²) < 4.78 is 36.1. The summed E-state index contributed by atoms with van der Waals surface area (Å²) in [5.41, 5.74) is 0.895. The fraction of sp³-hybridized carbons (Fsp3) is 0.357. The lowest BCUT2D eigenvalue weighted by atomic mass is 9.97. The maximum Gasteiger partial charge on any atom is 0.240 e. The van der Waals surface area contributed by atoms with Crippen LogP contribution in [0.15, 0.2) is 34.7 Å². The molecule has 0 heterocycles. The molecule has 0 aliphatic heterocycles. The highest BCUT2D eigenvalue weighted by Gasteiger charge is 2.17. The van der Waals surface area contributed by atoms with Crippen molar-refractivity contribution < 1.29 is 17.6 Å². The van der Waals surface area contributed by atoms with Gasteiger partial charge < -0.3 is 5.32 Å². The Morgan fingerprint density at radius 3 is 2.71 bits per heavy atom. The number of halogens is 1. The van der Waals surface area contributed by atoms with E-state index in [-0.39, 0.29) is 22.9 Å². The predicted molar refractivity (Wildman–Crippen MR) is 77.6 cm³/mol. The first-order chi connectivity index (χ1) is 9.86. The number of benzene rings is 1. The van der Waals surface area contributed by atoms with Crippen LogP contribution in [-0.2, 0) is 14.8 Å².